The molecule has 3 N–H and O–H groups in total. The zero-order chi connectivity index (χ0) is 21.4. The number of aryl methyl sites for hydroxylation is 1. The smallest absolute Gasteiger partial charge is 0.255 e. The first-order chi connectivity index (χ1) is 15.1. The second-order valence-electron chi connectivity index (χ2n) is 7.86. The van der Waals surface area contributed by atoms with Crippen LogP contribution in [0, 0.1) is 6.92 Å². The first-order valence-corrected chi connectivity index (χ1v) is 10.3. The van der Waals surface area contributed by atoms with Gasteiger partial charge in [-0.15, -0.1) is 0 Å². The molecule has 2 aromatic heterocycles. The molecule has 7 heteroatoms. The highest BCUT2D eigenvalue weighted by molar-refractivity contribution is 5.62. The minimum absolute atomic E-state index is 0.0909. The summed E-state index contributed by atoms with van der Waals surface area (Å²) in [5.74, 6) is 1.37. The highest BCUT2D eigenvalue weighted by Crippen LogP contribution is 2.28. The number of fused-ring (bicyclic) bond motifs is 1. The minimum atomic E-state index is -0.0909. The Kier molecular flexibility index (Phi) is 4.88. The molecule has 0 spiro atoms. The Bertz CT molecular complexity index is 1280. The van der Waals surface area contributed by atoms with E-state index in [0.29, 0.717) is 31.0 Å². The van der Waals surface area contributed by atoms with Gasteiger partial charge in [-0.25, -0.2) is 4.98 Å². The van der Waals surface area contributed by atoms with Crippen LogP contribution in [0.15, 0.2) is 63.9 Å². The topological polar surface area (TPSA) is 101 Å². The average Bonchev–Trinajstić information content (AvgIpc) is 3.15. The van der Waals surface area contributed by atoms with E-state index < -0.39 is 0 Å². The van der Waals surface area contributed by atoms with Crippen LogP contribution in [0.1, 0.15) is 22.5 Å². The summed E-state index contributed by atoms with van der Waals surface area (Å²) in [6.07, 6.45) is 0.715. The van der Waals surface area contributed by atoms with Crippen LogP contribution >= 0.6 is 0 Å². The summed E-state index contributed by atoms with van der Waals surface area (Å²) in [4.78, 5) is 22.8. The van der Waals surface area contributed by atoms with Gasteiger partial charge in [0.15, 0.2) is 5.76 Å². The van der Waals surface area contributed by atoms with E-state index in [-0.39, 0.29) is 5.56 Å². The van der Waals surface area contributed by atoms with Crippen molar-refractivity contribution >= 4 is 5.69 Å². The van der Waals surface area contributed by atoms with Crippen molar-refractivity contribution in [2.24, 2.45) is 0 Å². The summed E-state index contributed by atoms with van der Waals surface area (Å²) in [5, 5.41) is 4.18. The SMILES string of the molecule is Cc1noc(-c2ccccc2)c1CN1CCc2nc(-c3ccc(N)cc3)[nH]c(=O)c2C1. The molecular weight excluding hydrogens is 390 g/mol. The number of aromatic nitrogens is 3. The van der Waals surface area contributed by atoms with E-state index in [9.17, 15) is 4.79 Å². The maximum Gasteiger partial charge on any atom is 0.255 e. The Morgan fingerprint density at radius 2 is 1.87 bits per heavy atom. The van der Waals surface area contributed by atoms with Crippen LogP contribution in [0.4, 0.5) is 5.69 Å². The quantitative estimate of drug-likeness (QED) is 0.496. The minimum Gasteiger partial charge on any atom is -0.399 e. The van der Waals surface area contributed by atoms with E-state index in [1.165, 1.54) is 0 Å². The molecule has 0 saturated carbocycles. The molecule has 3 heterocycles. The van der Waals surface area contributed by atoms with E-state index >= 15 is 0 Å². The van der Waals surface area contributed by atoms with Crippen molar-refractivity contribution in [3.05, 3.63) is 87.5 Å². The lowest BCUT2D eigenvalue weighted by molar-refractivity contribution is 0.241. The molecule has 4 aromatic rings. The number of nitrogen functional groups attached to an aromatic ring is 1. The number of rotatable bonds is 4. The van der Waals surface area contributed by atoms with Crippen molar-refractivity contribution in [3.8, 4) is 22.7 Å². The standard InChI is InChI=1S/C24H23N5O2/c1-15-19(22(31-28-15)16-5-3-2-4-6-16)13-29-12-11-21-20(14-29)24(30)27-23(26-21)17-7-9-18(25)10-8-17/h2-10H,11-14,25H2,1H3,(H,26,27,30). The zero-order valence-electron chi connectivity index (χ0n) is 17.3. The van der Waals surface area contributed by atoms with Crippen molar-refractivity contribution in [1.82, 2.24) is 20.0 Å². The van der Waals surface area contributed by atoms with Gasteiger partial charge < -0.3 is 15.2 Å². The second kappa shape index (κ2) is 7.85. The van der Waals surface area contributed by atoms with Gasteiger partial charge in [0.05, 0.1) is 17.0 Å². The normalized spacial score (nSPS) is 13.8. The van der Waals surface area contributed by atoms with E-state index in [4.69, 9.17) is 15.2 Å². The third kappa shape index (κ3) is 3.75. The number of H-pyrrole nitrogens is 1. The van der Waals surface area contributed by atoms with E-state index in [0.717, 1.165) is 45.9 Å². The van der Waals surface area contributed by atoms with Gasteiger partial charge in [0.1, 0.15) is 5.82 Å². The van der Waals surface area contributed by atoms with Gasteiger partial charge in [-0.1, -0.05) is 35.5 Å². The van der Waals surface area contributed by atoms with Crippen molar-refractivity contribution in [2.45, 2.75) is 26.4 Å². The van der Waals surface area contributed by atoms with E-state index in [1.807, 2.05) is 61.5 Å². The molecule has 0 amide bonds. The molecule has 0 bridgehead atoms. The summed E-state index contributed by atoms with van der Waals surface area (Å²) in [5.41, 5.74) is 11.7. The molecule has 31 heavy (non-hydrogen) atoms. The van der Waals surface area contributed by atoms with Gasteiger partial charge in [-0.3, -0.25) is 9.69 Å². The van der Waals surface area contributed by atoms with Crippen molar-refractivity contribution < 1.29 is 4.52 Å². The monoisotopic (exact) mass is 413 g/mol. The number of nitrogens with one attached hydrogen (secondary N) is 1. The van der Waals surface area contributed by atoms with Gasteiger partial charge in [0.2, 0.25) is 0 Å². The summed E-state index contributed by atoms with van der Waals surface area (Å²) < 4.78 is 5.62. The molecule has 1 aliphatic heterocycles. The van der Waals surface area contributed by atoms with Crippen LogP contribution in [0.5, 0.6) is 0 Å². The van der Waals surface area contributed by atoms with Crippen molar-refractivity contribution in [1.29, 1.82) is 0 Å². The van der Waals surface area contributed by atoms with Crippen LogP contribution in [0.2, 0.25) is 0 Å². The molecule has 0 fully saturated rings. The van der Waals surface area contributed by atoms with Crippen LogP contribution in [0.25, 0.3) is 22.7 Å². The van der Waals surface area contributed by atoms with Crippen LogP contribution in [-0.4, -0.2) is 26.6 Å². The maximum absolute atomic E-state index is 12.9. The number of benzene rings is 2. The molecule has 0 radical (unpaired) electrons. The number of hydrogen-bond acceptors (Lipinski definition) is 6. The highest BCUT2D eigenvalue weighted by Gasteiger charge is 2.24. The number of nitrogens with two attached hydrogens (primary N) is 1. The Hall–Kier alpha value is -3.71. The molecule has 0 aliphatic carbocycles. The number of nitrogens with zero attached hydrogens (tertiary/aromatic N) is 3. The van der Waals surface area contributed by atoms with Gasteiger partial charge in [-0.2, -0.15) is 0 Å². The Labute approximate surface area is 179 Å². The molecule has 0 unspecified atom stereocenters. The van der Waals surface area contributed by atoms with Crippen molar-refractivity contribution in [2.75, 3.05) is 12.3 Å². The predicted molar refractivity (Wildman–Crippen MR) is 119 cm³/mol. The summed E-state index contributed by atoms with van der Waals surface area (Å²) >= 11 is 0. The summed E-state index contributed by atoms with van der Waals surface area (Å²) in [6.45, 7) is 3.97. The first kappa shape index (κ1) is 19.3. The Balaban J connectivity index is 1.41. The number of anilines is 1. The molecule has 2 aromatic carbocycles. The lowest BCUT2D eigenvalue weighted by atomic mass is 10.0. The molecule has 0 saturated heterocycles. The predicted octanol–water partition coefficient (Wildman–Crippen LogP) is 3.54. The second-order valence-corrected chi connectivity index (χ2v) is 7.86. The molecular formula is C24H23N5O2. The fraction of sp³-hybridized carbons (Fsp3) is 0.208. The third-order valence-electron chi connectivity index (χ3n) is 5.73. The Morgan fingerprint density at radius 1 is 1.10 bits per heavy atom. The van der Waals surface area contributed by atoms with E-state index in [1.54, 1.807) is 0 Å². The van der Waals surface area contributed by atoms with E-state index in [2.05, 4.69) is 15.0 Å². The fourth-order valence-corrected chi connectivity index (χ4v) is 4.01. The average molecular weight is 413 g/mol. The van der Waals surface area contributed by atoms with Gasteiger partial charge in [-0.05, 0) is 31.2 Å². The van der Waals surface area contributed by atoms with Crippen LogP contribution in [0.3, 0.4) is 0 Å². The third-order valence-corrected chi connectivity index (χ3v) is 5.73. The zero-order valence-corrected chi connectivity index (χ0v) is 17.3. The number of hydrogen-bond donors (Lipinski definition) is 2. The van der Waals surface area contributed by atoms with Gasteiger partial charge >= 0.3 is 0 Å². The Morgan fingerprint density at radius 3 is 2.65 bits per heavy atom. The molecule has 1 aliphatic rings. The maximum atomic E-state index is 12.9. The first-order valence-electron chi connectivity index (χ1n) is 10.3. The largest absolute Gasteiger partial charge is 0.399 e. The highest BCUT2D eigenvalue weighted by atomic mass is 16.5. The molecule has 0 atom stereocenters. The summed E-state index contributed by atoms with van der Waals surface area (Å²) in [7, 11) is 0. The van der Waals surface area contributed by atoms with Gasteiger partial charge in [0, 0.05) is 48.4 Å². The van der Waals surface area contributed by atoms with Gasteiger partial charge in [0.25, 0.3) is 5.56 Å². The van der Waals surface area contributed by atoms with Crippen LogP contribution < -0.4 is 11.3 Å². The van der Waals surface area contributed by atoms with Crippen LogP contribution in [-0.2, 0) is 19.5 Å². The van der Waals surface area contributed by atoms with Crippen molar-refractivity contribution in [3.63, 3.8) is 0 Å². The molecule has 7 nitrogen and oxygen atoms in total. The lowest BCUT2D eigenvalue weighted by Gasteiger charge is -2.27. The fourth-order valence-electron chi connectivity index (χ4n) is 4.01. The molecule has 156 valence electrons. The lowest BCUT2D eigenvalue weighted by Crippen LogP contribution is -2.35. The molecule has 5 rings (SSSR count). The number of aromatic amines is 1. The summed E-state index contributed by atoms with van der Waals surface area (Å²) in [6, 6.07) is 17.3.